The minimum atomic E-state index is -3.84. The van der Waals surface area contributed by atoms with Gasteiger partial charge in [-0.2, -0.15) is 0 Å². The van der Waals surface area contributed by atoms with Gasteiger partial charge in [-0.15, -0.1) is 0 Å². The maximum atomic E-state index is 13.5. The molecule has 0 atom stereocenters. The number of pyridine rings is 1. The summed E-state index contributed by atoms with van der Waals surface area (Å²) in [5, 5.41) is 3.25. The first kappa shape index (κ1) is 21.6. The normalized spacial score (nSPS) is 11.4. The van der Waals surface area contributed by atoms with Gasteiger partial charge in [-0.25, -0.2) is 18.4 Å². The van der Waals surface area contributed by atoms with Gasteiger partial charge in [0.05, 0.1) is 11.1 Å². The lowest BCUT2D eigenvalue weighted by molar-refractivity contribution is 0.595. The maximum absolute atomic E-state index is 13.5. The van der Waals surface area contributed by atoms with Crippen LogP contribution in [0.2, 0.25) is 0 Å². The molecular formula is C25H24N4O2S. The van der Waals surface area contributed by atoms with Crippen LogP contribution >= 0.6 is 0 Å². The Bertz CT molecular complexity index is 1360. The highest BCUT2D eigenvalue weighted by atomic mass is 32.2. The molecule has 162 valence electrons. The number of hydrogen-bond acceptors (Lipinski definition) is 6. The molecule has 32 heavy (non-hydrogen) atoms. The second-order valence-corrected chi connectivity index (χ2v) is 9.71. The van der Waals surface area contributed by atoms with Crippen molar-refractivity contribution in [2.24, 2.45) is 0 Å². The number of aryl methyl sites for hydroxylation is 4. The summed E-state index contributed by atoms with van der Waals surface area (Å²) in [6, 6.07) is 14.7. The van der Waals surface area contributed by atoms with Gasteiger partial charge in [0.1, 0.15) is 10.7 Å². The van der Waals surface area contributed by atoms with Crippen LogP contribution in [-0.4, -0.2) is 23.4 Å². The Balaban J connectivity index is 1.75. The van der Waals surface area contributed by atoms with E-state index in [0.717, 1.165) is 33.5 Å². The molecule has 0 unspecified atom stereocenters. The van der Waals surface area contributed by atoms with E-state index in [1.807, 2.05) is 32.9 Å². The highest BCUT2D eigenvalue weighted by Gasteiger charge is 2.24. The van der Waals surface area contributed by atoms with Crippen LogP contribution in [0.1, 0.15) is 22.5 Å². The van der Waals surface area contributed by atoms with Crippen LogP contribution in [0, 0.1) is 27.7 Å². The van der Waals surface area contributed by atoms with E-state index in [0.29, 0.717) is 5.82 Å². The van der Waals surface area contributed by atoms with Gasteiger partial charge in [-0.1, -0.05) is 29.8 Å². The van der Waals surface area contributed by atoms with Crippen LogP contribution in [0.3, 0.4) is 0 Å². The molecule has 0 aliphatic rings. The van der Waals surface area contributed by atoms with Gasteiger partial charge in [-0.3, -0.25) is 4.98 Å². The fourth-order valence-electron chi connectivity index (χ4n) is 3.74. The molecule has 2 aromatic carbocycles. The Morgan fingerprint density at radius 1 is 0.812 bits per heavy atom. The first-order chi connectivity index (χ1) is 15.3. The molecular weight excluding hydrogens is 420 g/mol. The van der Waals surface area contributed by atoms with Crippen molar-refractivity contribution in [1.29, 1.82) is 0 Å². The van der Waals surface area contributed by atoms with Crippen LogP contribution in [0.15, 0.2) is 76.9 Å². The molecule has 0 radical (unpaired) electrons. The van der Waals surface area contributed by atoms with E-state index in [1.54, 1.807) is 43.6 Å². The number of anilines is 2. The van der Waals surface area contributed by atoms with E-state index < -0.39 is 9.84 Å². The number of rotatable bonds is 5. The van der Waals surface area contributed by atoms with E-state index in [9.17, 15) is 8.42 Å². The first-order valence-corrected chi connectivity index (χ1v) is 11.7. The highest BCUT2D eigenvalue weighted by molar-refractivity contribution is 7.91. The van der Waals surface area contributed by atoms with E-state index in [2.05, 4.69) is 32.4 Å². The number of sulfone groups is 1. The fraction of sp³-hybridized carbons (Fsp3) is 0.160. The third-order valence-electron chi connectivity index (χ3n) is 5.26. The average Bonchev–Trinajstić information content (AvgIpc) is 2.77. The summed E-state index contributed by atoms with van der Waals surface area (Å²) in [6.45, 7) is 7.74. The van der Waals surface area contributed by atoms with Gasteiger partial charge in [-0.05, 0) is 74.2 Å². The van der Waals surface area contributed by atoms with Gasteiger partial charge in [0.25, 0.3) is 0 Å². The van der Waals surface area contributed by atoms with Crippen molar-refractivity contribution < 1.29 is 8.42 Å². The zero-order valence-electron chi connectivity index (χ0n) is 18.4. The molecule has 4 rings (SSSR count). The number of aromatic nitrogens is 3. The van der Waals surface area contributed by atoms with Crippen molar-refractivity contribution in [1.82, 2.24) is 15.0 Å². The van der Waals surface area contributed by atoms with E-state index in [4.69, 9.17) is 0 Å². The van der Waals surface area contributed by atoms with Crippen LogP contribution in [-0.2, 0) is 9.84 Å². The Kier molecular flexibility index (Phi) is 5.76. The van der Waals surface area contributed by atoms with Gasteiger partial charge in [0, 0.05) is 18.1 Å². The Hall–Kier alpha value is -3.58. The number of hydrogen-bond donors (Lipinski definition) is 1. The highest BCUT2D eigenvalue weighted by Crippen LogP contribution is 2.32. The Morgan fingerprint density at radius 2 is 1.41 bits per heavy atom. The van der Waals surface area contributed by atoms with Gasteiger partial charge >= 0.3 is 0 Å². The Morgan fingerprint density at radius 3 is 2.03 bits per heavy atom. The summed E-state index contributed by atoms with van der Waals surface area (Å²) in [6.07, 6.45) is 4.78. The zero-order chi connectivity index (χ0) is 22.9. The average molecular weight is 445 g/mol. The zero-order valence-corrected chi connectivity index (χ0v) is 19.2. The van der Waals surface area contributed by atoms with Gasteiger partial charge < -0.3 is 5.32 Å². The molecule has 1 N–H and O–H groups in total. The second-order valence-electron chi connectivity index (χ2n) is 7.79. The third kappa shape index (κ3) is 4.24. The van der Waals surface area contributed by atoms with Crippen LogP contribution in [0.4, 0.5) is 11.5 Å². The summed E-state index contributed by atoms with van der Waals surface area (Å²) in [4.78, 5) is 12.8. The lowest BCUT2D eigenvalue weighted by Gasteiger charge is -2.16. The molecule has 2 heterocycles. The van der Waals surface area contributed by atoms with Crippen molar-refractivity contribution in [2.75, 3.05) is 5.32 Å². The molecule has 0 amide bonds. The van der Waals surface area contributed by atoms with E-state index in [1.165, 1.54) is 6.20 Å². The predicted octanol–water partition coefficient (Wildman–Crippen LogP) is 5.35. The summed E-state index contributed by atoms with van der Waals surface area (Å²) >= 11 is 0. The number of benzene rings is 2. The monoisotopic (exact) mass is 444 g/mol. The minimum absolute atomic E-state index is 0.0409. The molecule has 0 aliphatic carbocycles. The summed E-state index contributed by atoms with van der Waals surface area (Å²) in [5.41, 5.74) is 5.91. The molecule has 0 spiro atoms. The molecule has 6 nitrogen and oxygen atoms in total. The molecule has 2 aromatic heterocycles. The fourth-order valence-corrected chi connectivity index (χ4v) is 5.03. The molecule has 0 bridgehead atoms. The topological polar surface area (TPSA) is 84.8 Å². The summed E-state index contributed by atoms with van der Waals surface area (Å²) < 4.78 is 27.0. The van der Waals surface area contributed by atoms with Crippen LogP contribution < -0.4 is 5.32 Å². The van der Waals surface area contributed by atoms with Crippen LogP contribution in [0.25, 0.3) is 11.1 Å². The van der Waals surface area contributed by atoms with Crippen molar-refractivity contribution in [3.8, 4) is 11.1 Å². The van der Waals surface area contributed by atoms with Crippen molar-refractivity contribution >= 4 is 21.3 Å². The van der Waals surface area contributed by atoms with Crippen molar-refractivity contribution in [3.05, 3.63) is 89.6 Å². The number of nitrogens with one attached hydrogen (secondary N) is 1. The van der Waals surface area contributed by atoms with E-state index in [-0.39, 0.29) is 15.6 Å². The molecule has 0 saturated heterocycles. The maximum Gasteiger partial charge on any atom is 0.211 e. The molecule has 0 saturated carbocycles. The van der Waals surface area contributed by atoms with Crippen LogP contribution in [0.5, 0.6) is 0 Å². The molecule has 4 aromatic rings. The Labute approximate surface area is 188 Å². The SMILES string of the molecule is Cc1cc(C)c(Nc2nc(C)ncc2S(=O)(=O)c2ccc(-c3ccncc3)cc2)c(C)c1. The smallest absolute Gasteiger partial charge is 0.211 e. The second kappa shape index (κ2) is 8.51. The number of nitrogens with zero attached hydrogens (tertiary/aromatic N) is 3. The lowest BCUT2D eigenvalue weighted by atomic mass is 10.1. The quantitative estimate of drug-likeness (QED) is 0.447. The summed E-state index contributed by atoms with van der Waals surface area (Å²) in [7, 11) is -3.84. The summed E-state index contributed by atoms with van der Waals surface area (Å²) in [5.74, 6) is 0.757. The standard InChI is InChI=1S/C25H24N4O2S/c1-16-13-17(2)24(18(3)14-16)29-25-23(15-27-19(4)28-25)32(30,31)22-7-5-20(6-8-22)21-9-11-26-12-10-21/h5-15H,1-4H3,(H,27,28,29). The first-order valence-electron chi connectivity index (χ1n) is 10.2. The van der Waals surface area contributed by atoms with E-state index >= 15 is 0 Å². The van der Waals surface area contributed by atoms with Gasteiger partial charge in [0.15, 0.2) is 5.82 Å². The lowest BCUT2D eigenvalue weighted by Crippen LogP contribution is -2.10. The largest absolute Gasteiger partial charge is 0.339 e. The van der Waals surface area contributed by atoms with Gasteiger partial charge in [0.2, 0.25) is 9.84 Å². The predicted molar refractivity (Wildman–Crippen MR) is 126 cm³/mol. The molecule has 0 fully saturated rings. The molecule has 7 heteroatoms. The minimum Gasteiger partial charge on any atom is -0.339 e. The van der Waals surface area contributed by atoms with Crippen molar-refractivity contribution in [3.63, 3.8) is 0 Å². The van der Waals surface area contributed by atoms with Crippen molar-refractivity contribution in [2.45, 2.75) is 37.5 Å². The third-order valence-corrected chi connectivity index (χ3v) is 7.03. The molecule has 0 aliphatic heterocycles.